The average Bonchev–Trinajstić information content (AvgIpc) is 3.54. The monoisotopic (exact) mass is 433 g/mol. The molecule has 2 unspecified atom stereocenters. The number of anilines is 1. The van der Waals surface area contributed by atoms with Crippen LogP contribution >= 0.6 is 0 Å². The van der Waals surface area contributed by atoms with Crippen LogP contribution < -0.4 is 9.64 Å². The molecule has 2 saturated heterocycles. The van der Waals surface area contributed by atoms with Gasteiger partial charge in [-0.15, -0.1) is 0 Å². The van der Waals surface area contributed by atoms with E-state index in [-0.39, 0.29) is 30.3 Å². The van der Waals surface area contributed by atoms with Crippen molar-refractivity contribution in [3.63, 3.8) is 0 Å². The van der Waals surface area contributed by atoms with E-state index < -0.39 is 11.9 Å². The number of ether oxygens (including phenoxy) is 1. The molecule has 2 aromatic rings. The lowest BCUT2D eigenvalue weighted by molar-refractivity contribution is -0.141. The van der Waals surface area contributed by atoms with Gasteiger partial charge >= 0.3 is 6.18 Å². The summed E-state index contributed by atoms with van der Waals surface area (Å²) in [5, 5.41) is 0. The first-order chi connectivity index (χ1) is 14.9. The topological polar surface area (TPSA) is 71.5 Å². The molecule has 4 heterocycles. The fourth-order valence-electron chi connectivity index (χ4n) is 4.27. The van der Waals surface area contributed by atoms with Crippen molar-refractivity contribution in [3.05, 3.63) is 42.0 Å². The number of pyridine rings is 1. The number of carbonyl (C=O) groups is 1. The Kier molecular flexibility index (Phi) is 4.94. The first-order valence-electron chi connectivity index (χ1n) is 10.4. The molecule has 2 aromatic heterocycles. The number of aromatic nitrogens is 3. The summed E-state index contributed by atoms with van der Waals surface area (Å²) in [5.41, 5.74) is 0.0466. The molecule has 0 aromatic carbocycles. The van der Waals surface area contributed by atoms with Gasteiger partial charge in [0, 0.05) is 31.8 Å². The Hall–Kier alpha value is -2.91. The van der Waals surface area contributed by atoms with Gasteiger partial charge in [-0.25, -0.2) is 9.97 Å². The van der Waals surface area contributed by atoms with Gasteiger partial charge in [-0.2, -0.15) is 13.2 Å². The molecule has 31 heavy (non-hydrogen) atoms. The molecule has 0 radical (unpaired) electrons. The van der Waals surface area contributed by atoms with Gasteiger partial charge in [-0.05, 0) is 25.0 Å². The highest BCUT2D eigenvalue weighted by Crippen LogP contribution is 2.38. The van der Waals surface area contributed by atoms with Crippen molar-refractivity contribution in [2.45, 2.75) is 49.9 Å². The van der Waals surface area contributed by atoms with Crippen molar-refractivity contribution in [3.8, 4) is 5.88 Å². The van der Waals surface area contributed by atoms with Gasteiger partial charge in [-0.1, -0.05) is 6.07 Å². The predicted molar refractivity (Wildman–Crippen MR) is 105 cm³/mol. The van der Waals surface area contributed by atoms with Gasteiger partial charge in [0.2, 0.25) is 11.8 Å². The van der Waals surface area contributed by atoms with Crippen LogP contribution in [0, 0.1) is 0 Å². The van der Waals surface area contributed by atoms with Crippen LogP contribution in [0.25, 0.3) is 0 Å². The zero-order valence-corrected chi connectivity index (χ0v) is 16.8. The minimum absolute atomic E-state index is 0.0271. The quantitative estimate of drug-likeness (QED) is 0.738. The molecule has 5 rings (SSSR count). The van der Waals surface area contributed by atoms with Gasteiger partial charge in [0.05, 0.1) is 30.7 Å². The largest absolute Gasteiger partial charge is 0.471 e. The number of nitrogens with zero attached hydrogens (tertiary/aromatic N) is 5. The second-order valence-corrected chi connectivity index (χ2v) is 8.30. The molecule has 0 spiro atoms. The van der Waals surface area contributed by atoms with Crippen molar-refractivity contribution in [2.24, 2.45) is 0 Å². The van der Waals surface area contributed by atoms with Crippen molar-refractivity contribution in [1.82, 2.24) is 19.9 Å². The Bertz CT molecular complexity index is 964. The lowest BCUT2D eigenvalue weighted by Gasteiger charge is -2.26. The SMILES string of the molecule is O=C1CCN(c2cccc(C(F)(F)F)n2)CC2CC(Oc3cnc(C4CC4)cn3)CN12. The molecule has 3 aliphatic rings. The smallest absolute Gasteiger partial charge is 0.433 e. The molecular weight excluding hydrogens is 411 g/mol. The summed E-state index contributed by atoms with van der Waals surface area (Å²) >= 11 is 0. The second kappa shape index (κ2) is 7.65. The Morgan fingerprint density at radius 3 is 2.65 bits per heavy atom. The minimum atomic E-state index is -4.51. The van der Waals surface area contributed by atoms with Gasteiger partial charge in [-0.3, -0.25) is 9.78 Å². The molecule has 164 valence electrons. The normalized spacial score (nSPS) is 24.2. The molecular formula is C21H22F3N5O2. The van der Waals surface area contributed by atoms with Gasteiger partial charge in [0.25, 0.3) is 0 Å². The van der Waals surface area contributed by atoms with E-state index >= 15 is 0 Å². The van der Waals surface area contributed by atoms with Crippen molar-refractivity contribution in [2.75, 3.05) is 24.5 Å². The lowest BCUT2D eigenvalue weighted by atomic mass is 10.2. The van der Waals surface area contributed by atoms with E-state index in [1.807, 2.05) is 0 Å². The van der Waals surface area contributed by atoms with Crippen LogP contribution in [0.15, 0.2) is 30.6 Å². The molecule has 10 heteroatoms. The molecule has 0 N–H and O–H groups in total. The molecule has 2 atom stereocenters. The Labute approximate surface area is 177 Å². The van der Waals surface area contributed by atoms with Crippen LogP contribution in [0.5, 0.6) is 5.88 Å². The molecule has 0 bridgehead atoms. The van der Waals surface area contributed by atoms with E-state index in [0.29, 0.717) is 37.9 Å². The van der Waals surface area contributed by atoms with Crippen LogP contribution in [-0.2, 0) is 11.0 Å². The maximum Gasteiger partial charge on any atom is 0.433 e. The number of alkyl halides is 3. The van der Waals surface area contributed by atoms with Crippen LogP contribution in [0.2, 0.25) is 0 Å². The van der Waals surface area contributed by atoms with E-state index in [2.05, 4.69) is 15.0 Å². The van der Waals surface area contributed by atoms with Gasteiger partial charge in [0.1, 0.15) is 17.6 Å². The Balaban J connectivity index is 1.28. The highest BCUT2D eigenvalue weighted by atomic mass is 19.4. The summed E-state index contributed by atoms with van der Waals surface area (Å²) in [7, 11) is 0. The lowest BCUT2D eigenvalue weighted by Crippen LogP contribution is -2.39. The summed E-state index contributed by atoms with van der Waals surface area (Å²) in [5.74, 6) is 1.14. The highest BCUT2D eigenvalue weighted by Gasteiger charge is 2.40. The van der Waals surface area contributed by atoms with Crippen LogP contribution in [0.3, 0.4) is 0 Å². The van der Waals surface area contributed by atoms with E-state index in [0.717, 1.165) is 24.6 Å². The van der Waals surface area contributed by atoms with Crippen LogP contribution in [0.4, 0.5) is 19.0 Å². The maximum absolute atomic E-state index is 13.1. The summed E-state index contributed by atoms with van der Waals surface area (Å²) in [6.45, 7) is 1.17. The summed E-state index contributed by atoms with van der Waals surface area (Å²) in [4.78, 5) is 28.7. The third kappa shape index (κ3) is 4.28. The fraction of sp³-hybridized carbons (Fsp3) is 0.524. The zero-order valence-electron chi connectivity index (χ0n) is 16.8. The molecule has 1 saturated carbocycles. The molecule has 2 aliphatic heterocycles. The molecule has 1 aliphatic carbocycles. The van der Waals surface area contributed by atoms with Gasteiger partial charge < -0.3 is 14.5 Å². The number of hydrogen-bond acceptors (Lipinski definition) is 6. The minimum Gasteiger partial charge on any atom is -0.471 e. The van der Waals surface area contributed by atoms with E-state index in [1.165, 1.54) is 6.07 Å². The first kappa shape index (κ1) is 20.0. The van der Waals surface area contributed by atoms with Crippen LogP contribution in [-0.4, -0.2) is 57.5 Å². The Morgan fingerprint density at radius 2 is 1.94 bits per heavy atom. The van der Waals surface area contributed by atoms with E-state index in [1.54, 1.807) is 28.3 Å². The summed E-state index contributed by atoms with van der Waals surface area (Å²) in [6.07, 6.45) is 1.71. The number of hydrogen-bond donors (Lipinski definition) is 0. The van der Waals surface area contributed by atoms with E-state index in [4.69, 9.17) is 4.74 Å². The summed E-state index contributed by atoms with van der Waals surface area (Å²) < 4.78 is 45.1. The highest BCUT2D eigenvalue weighted by molar-refractivity contribution is 5.78. The zero-order chi connectivity index (χ0) is 21.6. The summed E-state index contributed by atoms with van der Waals surface area (Å²) in [6, 6.07) is 3.69. The number of rotatable bonds is 4. The number of fused-ring (bicyclic) bond motifs is 1. The van der Waals surface area contributed by atoms with Crippen molar-refractivity contribution < 1.29 is 22.7 Å². The Morgan fingerprint density at radius 1 is 1.10 bits per heavy atom. The average molecular weight is 433 g/mol. The maximum atomic E-state index is 13.1. The first-order valence-corrected chi connectivity index (χ1v) is 10.4. The third-order valence-corrected chi connectivity index (χ3v) is 6.00. The number of amides is 1. The third-order valence-electron chi connectivity index (χ3n) is 6.00. The number of carbonyl (C=O) groups excluding carboxylic acids is 1. The van der Waals surface area contributed by atoms with Crippen molar-refractivity contribution in [1.29, 1.82) is 0 Å². The standard InChI is InChI=1S/C21H22F3N5O2/c22-21(23,24)17-2-1-3-18(27-17)28-7-6-20(30)29-12-15(8-14(29)11-28)31-19-10-25-16(9-26-19)13-4-5-13/h1-3,9-10,13-15H,4-8,11-12H2. The van der Waals surface area contributed by atoms with E-state index in [9.17, 15) is 18.0 Å². The second-order valence-electron chi connectivity index (χ2n) is 8.30. The predicted octanol–water partition coefficient (Wildman–Crippen LogP) is 3.03. The fourth-order valence-corrected chi connectivity index (χ4v) is 4.27. The van der Waals surface area contributed by atoms with Crippen LogP contribution in [0.1, 0.15) is 43.0 Å². The molecule has 7 nitrogen and oxygen atoms in total. The molecule has 1 amide bonds. The van der Waals surface area contributed by atoms with Crippen molar-refractivity contribution >= 4 is 11.7 Å². The van der Waals surface area contributed by atoms with Gasteiger partial charge in [0.15, 0.2) is 0 Å². The molecule has 3 fully saturated rings. The number of halogens is 3.